The van der Waals surface area contributed by atoms with Gasteiger partial charge in [0.1, 0.15) is 11.6 Å². The second-order valence-corrected chi connectivity index (χ2v) is 6.59. The normalized spacial score (nSPS) is 25.7. The molecule has 2 saturated carbocycles. The number of benzene rings is 1. The Morgan fingerprint density at radius 3 is 2.39 bits per heavy atom. The van der Waals surface area contributed by atoms with Crippen LogP contribution in [0.4, 0.5) is 8.78 Å². The molecule has 1 aromatic rings. The van der Waals surface area contributed by atoms with Crippen LogP contribution < -0.4 is 5.32 Å². The molecule has 1 aromatic carbocycles. The van der Waals surface area contributed by atoms with Crippen LogP contribution in [-0.2, 0) is 15.1 Å². The minimum Gasteiger partial charge on any atom is -0.481 e. The average Bonchev–Trinajstić information content (AvgIpc) is 2.93. The first-order valence-corrected chi connectivity index (χ1v) is 7.92. The zero-order chi connectivity index (χ0) is 16.6. The summed E-state index contributed by atoms with van der Waals surface area (Å²) < 4.78 is 27.2. The summed E-state index contributed by atoms with van der Waals surface area (Å²) in [6.45, 7) is 0. The maximum Gasteiger partial charge on any atom is 0.306 e. The lowest BCUT2D eigenvalue weighted by Gasteiger charge is -2.43. The van der Waals surface area contributed by atoms with E-state index in [1.165, 1.54) is 12.1 Å². The second-order valence-electron chi connectivity index (χ2n) is 6.59. The van der Waals surface area contributed by atoms with E-state index >= 15 is 0 Å². The molecular weight excluding hydrogens is 304 g/mol. The molecule has 4 nitrogen and oxygen atoms in total. The number of aliphatic carboxylic acids is 1. The SMILES string of the molecule is O=C(O)[C@@H]1CC[C@H](C(=O)NC2(c3ccc(F)cc3F)CCC2)C1. The van der Waals surface area contributed by atoms with Gasteiger partial charge in [-0.3, -0.25) is 9.59 Å². The quantitative estimate of drug-likeness (QED) is 0.895. The van der Waals surface area contributed by atoms with Gasteiger partial charge in [0.05, 0.1) is 11.5 Å². The zero-order valence-corrected chi connectivity index (χ0v) is 12.6. The lowest BCUT2D eigenvalue weighted by atomic mass is 9.71. The molecule has 2 aliphatic rings. The highest BCUT2D eigenvalue weighted by molar-refractivity contribution is 5.81. The van der Waals surface area contributed by atoms with Crippen molar-refractivity contribution < 1.29 is 23.5 Å². The van der Waals surface area contributed by atoms with Crippen molar-refractivity contribution in [2.24, 2.45) is 11.8 Å². The molecule has 0 radical (unpaired) electrons. The molecule has 2 aliphatic carbocycles. The predicted molar refractivity (Wildman–Crippen MR) is 78.5 cm³/mol. The van der Waals surface area contributed by atoms with Crippen LogP contribution in [0, 0.1) is 23.5 Å². The van der Waals surface area contributed by atoms with Crippen LogP contribution in [-0.4, -0.2) is 17.0 Å². The Hall–Kier alpha value is -1.98. The van der Waals surface area contributed by atoms with Crippen molar-refractivity contribution in [3.05, 3.63) is 35.4 Å². The third kappa shape index (κ3) is 2.94. The number of carboxylic acids is 1. The summed E-state index contributed by atoms with van der Waals surface area (Å²) in [5.41, 5.74) is -0.470. The fourth-order valence-corrected chi connectivity index (χ4v) is 3.65. The van der Waals surface area contributed by atoms with E-state index in [9.17, 15) is 18.4 Å². The van der Waals surface area contributed by atoms with Crippen LogP contribution in [0.5, 0.6) is 0 Å². The van der Waals surface area contributed by atoms with E-state index in [2.05, 4.69) is 5.32 Å². The number of halogens is 2. The molecule has 124 valence electrons. The molecule has 0 heterocycles. The fourth-order valence-electron chi connectivity index (χ4n) is 3.65. The van der Waals surface area contributed by atoms with E-state index in [4.69, 9.17) is 5.11 Å². The highest BCUT2D eigenvalue weighted by Crippen LogP contribution is 2.43. The molecule has 0 unspecified atom stereocenters. The smallest absolute Gasteiger partial charge is 0.306 e. The summed E-state index contributed by atoms with van der Waals surface area (Å²) in [4.78, 5) is 23.5. The molecule has 2 atom stereocenters. The molecule has 23 heavy (non-hydrogen) atoms. The van der Waals surface area contributed by atoms with Crippen molar-refractivity contribution in [1.82, 2.24) is 5.32 Å². The van der Waals surface area contributed by atoms with Gasteiger partial charge in [0, 0.05) is 17.5 Å². The fraction of sp³-hybridized carbons (Fsp3) is 0.529. The monoisotopic (exact) mass is 323 g/mol. The maximum atomic E-state index is 14.1. The van der Waals surface area contributed by atoms with Crippen LogP contribution in [0.3, 0.4) is 0 Å². The third-order valence-electron chi connectivity index (χ3n) is 5.17. The summed E-state index contributed by atoms with van der Waals surface area (Å²) in [7, 11) is 0. The lowest BCUT2D eigenvalue weighted by molar-refractivity contribution is -0.141. The lowest BCUT2D eigenvalue weighted by Crippen LogP contribution is -2.52. The van der Waals surface area contributed by atoms with Crippen molar-refractivity contribution in [1.29, 1.82) is 0 Å². The topological polar surface area (TPSA) is 66.4 Å². The van der Waals surface area contributed by atoms with Crippen molar-refractivity contribution in [3.63, 3.8) is 0 Å². The zero-order valence-electron chi connectivity index (χ0n) is 12.6. The number of carbonyl (C=O) groups excluding carboxylic acids is 1. The number of carbonyl (C=O) groups is 2. The van der Waals surface area contributed by atoms with Gasteiger partial charge in [-0.2, -0.15) is 0 Å². The standard InChI is InChI=1S/C17H19F2NO3/c18-12-4-5-13(14(19)9-12)17(6-1-7-17)20-15(21)10-2-3-11(8-10)16(22)23/h4-5,9-11H,1-3,6-8H2,(H,20,21)(H,22,23)/t10-,11+/m0/s1. The number of amides is 1. The molecule has 1 amide bonds. The molecule has 0 bridgehead atoms. The Balaban J connectivity index is 1.74. The highest BCUT2D eigenvalue weighted by atomic mass is 19.1. The Morgan fingerprint density at radius 2 is 1.87 bits per heavy atom. The van der Waals surface area contributed by atoms with Gasteiger partial charge >= 0.3 is 5.97 Å². The van der Waals surface area contributed by atoms with Gasteiger partial charge in [-0.05, 0) is 44.6 Å². The molecule has 2 N–H and O–H groups in total. The summed E-state index contributed by atoms with van der Waals surface area (Å²) in [5, 5.41) is 11.9. The van der Waals surface area contributed by atoms with Crippen LogP contribution in [0.15, 0.2) is 18.2 Å². The van der Waals surface area contributed by atoms with Crippen LogP contribution in [0.25, 0.3) is 0 Å². The van der Waals surface area contributed by atoms with Gasteiger partial charge in [0.15, 0.2) is 0 Å². The van der Waals surface area contributed by atoms with E-state index in [1.54, 1.807) is 0 Å². The average molecular weight is 323 g/mol. The maximum absolute atomic E-state index is 14.1. The minimum atomic E-state index is -0.872. The number of hydrogen-bond acceptors (Lipinski definition) is 2. The first-order valence-electron chi connectivity index (χ1n) is 7.92. The first-order chi connectivity index (χ1) is 10.9. The molecule has 2 fully saturated rings. The molecule has 0 aromatic heterocycles. The van der Waals surface area contributed by atoms with Crippen molar-refractivity contribution in [2.75, 3.05) is 0 Å². The largest absolute Gasteiger partial charge is 0.481 e. The number of rotatable bonds is 4. The summed E-state index contributed by atoms with van der Waals surface area (Å²) in [6.07, 6.45) is 3.42. The van der Waals surface area contributed by atoms with Crippen molar-refractivity contribution in [2.45, 2.75) is 44.1 Å². The molecule has 0 aliphatic heterocycles. The third-order valence-corrected chi connectivity index (χ3v) is 5.17. The molecule has 3 rings (SSSR count). The van der Waals surface area contributed by atoms with Crippen LogP contribution in [0.2, 0.25) is 0 Å². The number of hydrogen-bond donors (Lipinski definition) is 2. The van der Waals surface area contributed by atoms with Crippen LogP contribution >= 0.6 is 0 Å². The first kappa shape index (κ1) is 15.9. The predicted octanol–water partition coefficient (Wildman–Crippen LogP) is 2.96. The van der Waals surface area contributed by atoms with Gasteiger partial charge in [0.2, 0.25) is 5.91 Å². The van der Waals surface area contributed by atoms with Gasteiger partial charge < -0.3 is 10.4 Å². The Labute approximate surface area is 132 Å². The highest BCUT2D eigenvalue weighted by Gasteiger charge is 2.44. The molecule has 0 saturated heterocycles. The Bertz CT molecular complexity index is 643. The van der Waals surface area contributed by atoms with Crippen LogP contribution in [0.1, 0.15) is 44.1 Å². The number of nitrogens with one attached hydrogen (secondary N) is 1. The van der Waals surface area contributed by atoms with Crippen molar-refractivity contribution >= 4 is 11.9 Å². The second kappa shape index (κ2) is 5.91. The Kier molecular flexibility index (Phi) is 4.08. The van der Waals surface area contributed by atoms with Gasteiger partial charge in [-0.25, -0.2) is 8.78 Å². The minimum absolute atomic E-state index is 0.225. The molecule has 6 heteroatoms. The van der Waals surface area contributed by atoms with Gasteiger partial charge in [-0.15, -0.1) is 0 Å². The summed E-state index contributed by atoms with van der Waals surface area (Å²) in [6, 6.07) is 3.41. The number of carboxylic acid groups (broad SMARTS) is 1. The van der Waals surface area contributed by atoms with E-state index < -0.39 is 29.1 Å². The van der Waals surface area contributed by atoms with Crippen molar-refractivity contribution in [3.8, 4) is 0 Å². The van der Waals surface area contributed by atoms with E-state index in [1.807, 2.05) is 0 Å². The van der Waals surface area contributed by atoms with E-state index in [0.29, 0.717) is 37.7 Å². The molecule has 0 spiro atoms. The van der Waals surface area contributed by atoms with Gasteiger partial charge in [0.25, 0.3) is 0 Å². The Morgan fingerprint density at radius 1 is 1.17 bits per heavy atom. The van der Waals surface area contributed by atoms with E-state index in [-0.39, 0.29) is 11.8 Å². The summed E-state index contributed by atoms with van der Waals surface area (Å²) >= 11 is 0. The summed E-state index contributed by atoms with van der Waals surface area (Å²) in [5.74, 6) is -3.23. The van der Waals surface area contributed by atoms with Gasteiger partial charge in [-0.1, -0.05) is 6.07 Å². The van der Waals surface area contributed by atoms with E-state index in [0.717, 1.165) is 12.5 Å². The molecular formula is C17H19F2NO3.